The normalized spacial score (nSPS) is 34.2. The number of rotatable bonds is 3. The largest absolute Gasteiger partial charge is 0.396 e. The van der Waals surface area contributed by atoms with Crippen LogP contribution >= 0.6 is 11.3 Å². The molecule has 1 aromatic rings. The maximum atomic E-state index is 11.7. The Labute approximate surface area is 103 Å². The highest BCUT2D eigenvalue weighted by Crippen LogP contribution is 2.55. The van der Waals surface area contributed by atoms with Crippen LogP contribution < -0.4 is 10.6 Å². The van der Waals surface area contributed by atoms with E-state index >= 15 is 0 Å². The molecule has 0 saturated heterocycles. The number of hydrogen-bond acceptors (Lipinski definition) is 4. The third kappa shape index (κ3) is 2.14. The summed E-state index contributed by atoms with van der Waals surface area (Å²) in [5, 5.41) is 17.3. The zero-order valence-electron chi connectivity index (χ0n) is 9.30. The molecule has 2 fully saturated rings. The van der Waals surface area contributed by atoms with Gasteiger partial charge in [0.2, 0.25) is 0 Å². The van der Waals surface area contributed by atoms with Crippen molar-refractivity contribution in [2.45, 2.75) is 18.9 Å². The first-order chi connectivity index (χ1) is 8.28. The first-order valence-corrected chi connectivity index (χ1v) is 6.73. The maximum Gasteiger partial charge on any atom is 0.321 e. The maximum absolute atomic E-state index is 11.7. The van der Waals surface area contributed by atoms with Crippen LogP contribution in [0, 0.1) is 17.8 Å². The van der Waals surface area contributed by atoms with Crippen LogP contribution in [0.3, 0.4) is 0 Å². The second kappa shape index (κ2) is 4.27. The average Bonchev–Trinajstić information content (AvgIpc) is 2.80. The lowest BCUT2D eigenvalue weighted by atomic mass is 10.0. The Bertz CT molecular complexity index is 409. The number of urea groups is 1. The molecule has 0 bridgehead atoms. The number of fused-ring (bicyclic) bond motifs is 1. The Hall–Kier alpha value is -1.14. The van der Waals surface area contributed by atoms with Crippen LogP contribution in [-0.2, 0) is 0 Å². The number of aromatic nitrogens is 1. The Kier molecular flexibility index (Phi) is 2.76. The number of nitrogens with zero attached hydrogens (tertiary/aromatic N) is 1. The van der Waals surface area contributed by atoms with Crippen molar-refractivity contribution in [2.75, 3.05) is 11.9 Å². The molecule has 4 atom stereocenters. The van der Waals surface area contributed by atoms with Crippen LogP contribution in [-0.4, -0.2) is 28.8 Å². The van der Waals surface area contributed by atoms with Crippen LogP contribution in [0.5, 0.6) is 0 Å². The van der Waals surface area contributed by atoms with E-state index in [1.54, 1.807) is 6.20 Å². The molecular weight excluding hydrogens is 238 g/mol. The molecular formula is C11H15N3O2S. The second-order valence-electron chi connectivity index (χ2n) is 4.78. The molecule has 0 spiro atoms. The molecule has 0 aromatic carbocycles. The topological polar surface area (TPSA) is 74.2 Å². The molecule has 2 saturated carbocycles. The Morgan fingerprint density at radius 2 is 2.41 bits per heavy atom. The summed E-state index contributed by atoms with van der Waals surface area (Å²) in [6.07, 6.45) is 3.71. The molecule has 1 heterocycles. The molecule has 2 aliphatic rings. The van der Waals surface area contributed by atoms with Gasteiger partial charge in [0.1, 0.15) is 0 Å². The summed E-state index contributed by atoms with van der Waals surface area (Å²) in [6.45, 7) is 0.243. The predicted octanol–water partition coefficient (Wildman–Crippen LogP) is 1.28. The van der Waals surface area contributed by atoms with Crippen LogP contribution in [0.15, 0.2) is 11.6 Å². The molecule has 2 aliphatic carbocycles. The first-order valence-electron chi connectivity index (χ1n) is 5.86. The van der Waals surface area contributed by atoms with Crippen LogP contribution in [0.1, 0.15) is 12.8 Å². The average molecular weight is 253 g/mol. The van der Waals surface area contributed by atoms with Crippen molar-refractivity contribution in [1.29, 1.82) is 0 Å². The van der Waals surface area contributed by atoms with Crippen molar-refractivity contribution in [3.63, 3.8) is 0 Å². The van der Waals surface area contributed by atoms with Gasteiger partial charge in [-0.3, -0.25) is 5.32 Å². The van der Waals surface area contributed by atoms with Gasteiger partial charge in [-0.15, -0.1) is 11.3 Å². The van der Waals surface area contributed by atoms with Gasteiger partial charge in [0.25, 0.3) is 0 Å². The lowest BCUT2D eigenvalue weighted by Crippen LogP contribution is -2.38. The number of aliphatic hydroxyl groups is 1. The third-order valence-corrected chi connectivity index (χ3v) is 4.46. The zero-order valence-corrected chi connectivity index (χ0v) is 10.1. The molecule has 92 valence electrons. The van der Waals surface area contributed by atoms with Gasteiger partial charge in [0.15, 0.2) is 5.13 Å². The minimum atomic E-state index is -0.186. The van der Waals surface area contributed by atoms with Gasteiger partial charge in [-0.2, -0.15) is 0 Å². The van der Waals surface area contributed by atoms with E-state index in [0.717, 1.165) is 12.8 Å². The van der Waals surface area contributed by atoms with Crippen molar-refractivity contribution in [3.8, 4) is 0 Å². The molecule has 0 aliphatic heterocycles. The SMILES string of the molecule is O=C(Nc1nccs1)N[C@H]1C[C@@H](CO)[C@@H]2C[C@@H]21. The van der Waals surface area contributed by atoms with Crippen molar-refractivity contribution in [3.05, 3.63) is 11.6 Å². The standard InChI is InChI=1S/C11H15N3O2S/c15-5-6-3-9(8-4-7(6)8)13-10(16)14-11-12-1-2-17-11/h1-2,6-9,15H,3-5H2,(H2,12,13,14,16)/t6-,7-,8-,9-/m0/s1. The smallest absolute Gasteiger partial charge is 0.321 e. The lowest BCUT2D eigenvalue weighted by Gasteiger charge is -2.16. The van der Waals surface area contributed by atoms with Crippen molar-refractivity contribution < 1.29 is 9.90 Å². The van der Waals surface area contributed by atoms with E-state index in [4.69, 9.17) is 0 Å². The number of carbonyl (C=O) groups is 1. The summed E-state index contributed by atoms with van der Waals surface area (Å²) in [4.78, 5) is 15.7. The predicted molar refractivity (Wildman–Crippen MR) is 64.8 cm³/mol. The quantitative estimate of drug-likeness (QED) is 0.759. The van der Waals surface area contributed by atoms with E-state index in [1.807, 2.05) is 5.38 Å². The number of anilines is 1. The zero-order chi connectivity index (χ0) is 11.8. The number of nitrogens with one attached hydrogen (secondary N) is 2. The van der Waals surface area contributed by atoms with E-state index < -0.39 is 0 Å². The second-order valence-corrected chi connectivity index (χ2v) is 5.68. The molecule has 0 unspecified atom stereocenters. The minimum Gasteiger partial charge on any atom is -0.396 e. The Morgan fingerprint density at radius 1 is 1.53 bits per heavy atom. The summed E-state index contributed by atoms with van der Waals surface area (Å²) >= 11 is 1.40. The highest BCUT2D eigenvalue weighted by Gasteiger charge is 2.54. The van der Waals surface area contributed by atoms with E-state index in [0.29, 0.717) is 22.9 Å². The number of aliphatic hydroxyl groups excluding tert-OH is 1. The summed E-state index contributed by atoms with van der Waals surface area (Å²) in [6, 6.07) is 0.0336. The number of carbonyl (C=O) groups excluding carboxylic acids is 1. The molecule has 1 aromatic heterocycles. The van der Waals surface area contributed by atoms with Gasteiger partial charge in [-0.05, 0) is 30.6 Å². The van der Waals surface area contributed by atoms with E-state index in [2.05, 4.69) is 15.6 Å². The summed E-state index contributed by atoms with van der Waals surface area (Å²) in [5.41, 5.74) is 0. The first kappa shape index (κ1) is 11.0. The minimum absolute atomic E-state index is 0.186. The van der Waals surface area contributed by atoms with Crippen LogP contribution in [0.4, 0.5) is 9.93 Å². The van der Waals surface area contributed by atoms with Crippen molar-refractivity contribution in [1.82, 2.24) is 10.3 Å². The van der Waals surface area contributed by atoms with E-state index in [1.165, 1.54) is 11.3 Å². The third-order valence-electron chi connectivity index (χ3n) is 3.77. The van der Waals surface area contributed by atoms with Gasteiger partial charge in [-0.1, -0.05) is 0 Å². The molecule has 17 heavy (non-hydrogen) atoms. The van der Waals surface area contributed by atoms with Crippen molar-refractivity contribution >= 4 is 22.5 Å². The van der Waals surface area contributed by atoms with Gasteiger partial charge in [-0.25, -0.2) is 9.78 Å². The fourth-order valence-corrected chi connectivity index (χ4v) is 3.40. The highest BCUT2D eigenvalue weighted by atomic mass is 32.1. The highest BCUT2D eigenvalue weighted by molar-refractivity contribution is 7.13. The fraction of sp³-hybridized carbons (Fsp3) is 0.636. The number of hydrogen-bond donors (Lipinski definition) is 3. The Morgan fingerprint density at radius 3 is 3.06 bits per heavy atom. The van der Waals surface area contributed by atoms with Crippen LogP contribution in [0.2, 0.25) is 0 Å². The molecule has 5 nitrogen and oxygen atoms in total. The summed E-state index contributed by atoms with van der Waals surface area (Å²) in [7, 11) is 0. The van der Waals surface area contributed by atoms with Gasteiger partial charge >= 0.3 is 6.03 Å². The van der Waals surface area contributed by atoms with Gasteiger partial charge in [0, 0.05) is 24.2 Å². The monoisotopic (exact) mass is 253 g/mol. The molecule has 3 rings (SSSR count). The van der Waals surface area contributed by atoms with E-state index in [-0.39, 0.29) is 18.7 Å². The van der Waals surface area contributed by atoms with Gasteiger partial charge in [0.05, 0.1) is 0 Å². The molecule has 0 radical (unpaired) electrons. The molecule has 3 N–H and O–H groups in total. The molecule has 2 amide bonds. The van der Waals surface area contributed by atoms with Crippen molar-refractivity contribution in [2.24, 2.45) is 17.8 Å². The van der Waals surface area contributed by atoms with Gasteiger partial charge < -0.3 is 10.4 Å². The van der Waals surface area contributed by atoms with Crippen LogP contribution in [0.25, 0.3) is 0 Å². The number of amides is 2. The number of thiazole rings is 1. The lowest BCUT2D eigenvalue weighted by molar-refractivity contribution is 0.209. The summed E-state index contributed by atoms with van der Waals surface area (Å²) < 4.78 is 0. The molecule has 6 heteroatoms. The fourth-order valence-electron chi connectivity index (χ4n) is 2.88. The van der Waals surface area contributed by atoms with E-state index in [9.17, 15) is 9.90 Å². The summed E-state index contributed by atoms with van der Waals surface area (Å²) in [5.74, 6) is 1.59. The Balaban J connectivity index is 1.52.